The molecule has 1 amide bonds. The molecule has 17 heavy (non-hydrogen) atoms. The van der Waals surface area contributed by atoms with Crippen LogP contribution in [0.3, 0.4) is 0 Å². The Hall–Kier alpha value is -0.320. The van der Waals surface area contributed by atoms with Crippen LogP contribution in [0.25, 0.3) is 0 Å². The molecule has 0 spiro atoms. The second-order valence-electron chi connectivity index (χ2n) is 5.35. The van der Waals surface area contributed by atoms with Gasteiger partial charge in [0.2, 0.25) is 6.41 Å². The minimum Gasteiger partial charge on any atom is -0.339 e. The second-order valence-corrected chi connectivity index (χ2v) is 5.35. The molecule has 0 radical (unpaired) electrons. The van der Waals surface area contributed by atoms with E-state index in [-0.39, 0.29) is 12.4 Å². The summed E-state index contributed by atoms with van der Waals surface area (Å²) in [4.78, 5) is 15.7. The molecule has 2 unspecified atom stereocenters. The van der Waals surface area contributed by atoms with Crippen molar-refractivity contribution in [1.82, 2.24) is 15.1 Å². The van der Waals surface area contributed by atoms with Gasteiger partial charge in [0.25, 0.3) is 0 Å². The van der Waals surface area contributed by atoms with E-state index in [0.29, 0.717) is 12.1 Å². The highest BCUT2D eigenvalue weighted by atomic mass is 35.5. The normalized spacial score (nSPS) is 37.6. The number of amides is 1. The van der Waals surface area contributed by atoms with Gasteiger partial charge in [-0.05, 0) is 25.7 Å². The van der Waals surface area contributed by atoms with Crippen LogP contribution in [-0.2, 0) is 4.79 Å². The predicted octanol–water partition coefficient (Wildman–Crippen LogP) is 0.465. The van der Waals surface area contributed by atoms with Gasteiger partial charge in [0.15, 0.2) is 0 Å². The van der Waals surface area contributed by atoms with Crippen molar-refractivity contribution in [3.05, 3.63) is 0 Å². The molecule has 0 aliphatic carbocycles. The molecule has 0 saturated carbocycles. The highest BCUT2D eigenvalue weighted by Crippen LogP contribution is 2.36. The maximum Gasteiger partial charge on any atom is 0.210 e. The van der Waals surface area contributed by atoms with Crippen LogP contribution in [0.5, 0.6) is 0 Å². The zero-order valence-electron chi connectivity index (χ0n) is 10.2. The molecule has 5 heteroatoms. The molecule has 1 N–H and O–H groups in total. The first kappa shape index (κ1) is 13.1. The lowest BCUT2D eigenvalue weighted by molar-refractivity contribution is -0.123. The van der Waals surface area contributed by atoms with E-state index in [1.807, 2.05) is 0 Å². The topological polar surface area (TPSA) is 35.6 Å². The average Bonchev–Trinajstić information content (AvgIpc) is 2.59. The maximum absolute atomic E-state index is 11.0. The van der Waals surface area contributed by atoms with Crippen molar-refractivity contribution in [3.8, 4) is 0 Å². The van der Waals surface area contributed by atoms with Crippen LogP contribution in [0.2, 0.25) is 0 Å². The minimum absolute atomic E-state index is 0. The Kier molecular flexibility index (Phi) is 4.28. The van der Waals surface area contributed by atoms with E-state index in [1.165, 1.54) is 38.8 Å². The van der Waals surface area contributed by atoms with Crippen LogP contribution < -0.4 is 5.32 Å². The molecule has 3 saturated heterocycles. The highest BCUT2D eigenvalue weighted by Gasteiger charge is 2.41. The van der Waals surface area contributed by atoms with E-state index in [0.717, 1.165) is 25.5 Å². The van der Waals surface area contributed by atoms with Crippen molar-refractivity contribution in [1.29, 1.82) is 0 Å². The number of fused-ring (bicyclic) bond motifs is 2. The van der Waals surface area contributed by atoms with E-state index in [2.05, 4.69) is 15.1 Å². The molecular weight excluding hydrogens is 238 g/mol. The van der Waals surface area contributed by atoms with Gasteiger partial charge in [-0.1, -0.05) is 0 Å². The van der Waals surface area contributed by atoms with Gasteiger partial charge in [-0.3, -0.25) is 9.69 Å². The fourth-order valence-electron chi connectivity index (χ4n) is 3.70. The molecule has 3 heterocycles. The summed E-state index contributed by atoms with van der Waals surface area (Å²) in [6.07, 6.45) is 5.94. The number of carbonyl (C=O) groups excluding carboxylic acids is 1. The van der Waals surface area contributed by atoms with Gasteiger partial charge in [-0.25, -0.2) is 0 Å². The molecule has 3 fully saturated rings. The third-order valence-corrected chi connectivity index (χ3v) is 4.55. The predicted molar refractivity (Wildman–Crippen MR) is 69.4 cm³/mol. The number of halogens is 1. The Morgan fingerprint density at radius 1 is 1.00 bits per heavy atom. The summed E-state index contributed by atoms with van der Waals surface area (Å²) in [5, 5.41) is 3.40. The number of hydrogen-bond donors (Lipinski definition) is 1. The number of rotatable bonds is 2. The van der Waals surface area contributed by atoms with E-state index in [4.69, 9.17) is 0 Å². The molecule has 0 aromatic carbocycles. The smallest absolute Gasteiger partial charge is 0.210 e. The molecule has 98 valence electrons. The Labute approximate surface area is 109 Å². The average molecular weight is 260 g/mol. The summed E-state index contributed by atoms with van der Waals surface area (Å²) in [7, 11) is 0. The Bertz CT molecular complexity index is 256. The summed E-state index contributed by atoms with van der Waals surface area (Å²) < 4.78 is 0. The lowest BCUT2D eigenvalue weighted by Gasteiger charge is -2.43. The van der Waals surface area contributed by atoms with Crippen molar-refractivity contribution in [3.63, 3.8) is 0 Å². The van der Waals surface area contributed by atoms with Gasteiger partial charge in [-0.15, -0.1) is 12.4 Å². The van der Waals surface area contributed by atoms with Crippen molar-refractivity contribution in [2.45, 2.75) is 43.8 Å². The molecule has 0 aromatic heterocycles. The number of carbonyl (C=O) groups is 1. The largest absolute Gasteiger partial charge is 0.339 e. The van der Waals surface area contributed by atoms with Gasteiger partial charge in [0, 0.05) is 44.3 Å². The maximum atomic E-state index is 11.0. The van der Waals surface area contributed by atoms with Gasteiger partial charge in [-0.2, -0.15) is 0 Å². The lowest BCUT2D eigenvalue weighted by atomic mass is 9.96. The molecule has 4 nitrogen and oxygen atoms in total. The SMILES string of the molecule is Cl.O=CN1C2CCC1CC(N1CCNCC1)C2. The van der Waals surface area contributed by atoms with E-state index in [1.54, 1.807) is 0 Å². The zero-order valence-corrected chi connectivity index (χ0v) is 11.0. The monoisotopic (exact) mass is 259 g/mol. The quantitative estimate of drug-likeness (QED) is 0.733. The number of piperazine rings is 1. The number of nitrogens with one attached hydrogen (secondary N) is 1. The van der Waals surface area contributed by atoms with Crippen LogP contribution in [0.4, 0.5) is 0 Å². The van der Waals surface area contributed by atoms with Crippen LogP contribution >= 0.6 is 12.4 Å². The summed E-state index contributed by atoms with van der Waals surface area (Å²) >= 11 is 0. The first-order chi connectivity index (χ1) is 7.88. The zero-order chi connectivity index (χ0) is 11.0. The van der Waals surface area contributed by atoms with Crippen molar-refractivity contribution in [2.75, 3.05) is 26.2 Å². The molecule has 3 aliphatic heterocycles. The fraction of sp³-hybridized carbons (Fsp3) is 0.917. The number of piperidine rings is 1. The van der Waals surface area contributed by atoms with Gasteiger partial charge in [0.05, 0.1) is 0 Å². The second kappa shape index (κ2) is 5.55. The van der Waals surface area contributed by atoms with E-state index in [9.17, 15) is 4.79 Å². The first-order valence-corrected chi connectivity index (χ1v) is 6.56. The molecule has 3 aliphatic rings. The lowest BCUT2D eigenvalue weighted by Crippen LogP contribution is -2.54. The van der Waals surface area contributed by atoms with Crippen molar-refractivity contribution < 1.29 is 4.79 Å². The Morgan fingerprint density at radius 2 is 1.59 bits per heavy atom. The summed E-state index contributed by atoms with van der Waals surface area (Å²) in [5.41, 5.74) is 0. The fourth-order valence-corrected chi connectivity index (χ4v) is 3.70. The molecule has 2 atom stereocenters. The van der Waals surface area contributed by atoms with E-state index >= 15 is 0 Å². The van der Waals surface area contributed by atoms with Gasteiger partial charge < -0.3 is 10.2 Å². The number of hydrogen-bond acceptors (Lipinski definition) is 3. The molecular formula is C12H22ClN3O. The van der Waals surface area contributed by atoms with Crippen molar-refractivity contribution >= 4 is 18.8 Å². The Balaban J connectivity index is 0.00000108. The molecule has 0 aromatic rings. The molecule has 2 bridgehead atoms. The summed E-state index contributed by atoms with van der Waals surface area (Å²) in [5.74, 6) is 0. The summed E-state index contributed by atoms with van der Waals surface area (Å²) in [6.45, 7) is 4.63. The standard InChI is InChI=1S/C12H21N3O.ClH/c16-9-15-10-1-2-11(15)8-12(7-10)14-5-3-13-4-6-14;/h9-13H,1-8H2;1H. The Morgan fingerprint density at radius 3 is 2.12 bits per heavy atom. The third-order valence-electron chi connectivity index (χ3n) is 4.55. The van der Waals surface area contributed by atoms with Crippen LogP contribution in [0, 0.1) is 0 Å². The third kappa shape index (κ3) is 2.44. The summed E-state index contributed by atoms with van der Waals surface area (Å²) in [6, 6.07) is 1.81. The van der Waals surface area contributed by atoms with Crippen LogP contribution in [-0.4, -0.2) is 60.5 Å². The molecule has 3 rings (SSSR count). The van der Waals surface area contributed by atoms with Crippen molar-refractivity contribution in [2.24, 2.45) is 0 Å². The highest BCUT2D eigenvalue weighted by molar-refractivity contribution is 5.85. The first-order valence-electron chi connectivity index (χ1n) is 6.56. The number of nitrogens with zero attached hydrogens (tertiary/aromatic N) is 2. The van der Waals surface area contributed by atoms with Crippen LogP contribution in [0.1, 0.15) is 25.7 Å². The van der Waals surface area contributed by atoms with Crippen LogP contribution in [0.15, 0.2) is 0 Å². The van der Waals surface area contributed by atoms with E-state index < -0.39 is 0 Å². The van der Waals surface area contributed by atoms with Gasteiger partial charge in [0.1, 0.15) is 0 Å². The van der Waals surface area contributed by atoms with Gasteiger partial charge >= 0.3 is 0 Å². The minimum atomic E-state index is 0.